The standard InChI is InChI=1S/C16H18N2O2/c19-14-8-10-16(9-4-7-13(16)18-14)11-17-15(20)12-5-2-1-3-6-12/h1-3,5-7H,4,8-11H2,(H,17,20)(H,18,19). The van der Waals surface area contributed by atoms with Gasteiger partial charge >= 0.3 is 0 Å². The monoisotopic (exact) mass is 270 g/mol. The number of piperidine rings is 1. The third-order valence-corrected chi connectivity index (χ3v) is 4.27. The predicted molar refractivity (Wildman–Crippen MR) is 75.9 cm³/mol. The fourth-order valence-corrected chi connectivity index (χ4v) is 3.07. The summed E-state index contributed by atoms with van der Waals surface area (Å²) in [6.07, 6.45) is 5.42. The number of benzene rings is 1. The quantitative estimate of drug-likeness (QED) is 0.882. The molecule has 1 heterocycles. The van der Waals surface area contributed by atoms with Gasteiger partial charge in [-0.1, -0.05) is 24.3 Å². The summed E-state index contributed by atoms with van der Waals surface area (Å²) < 4.78 is 0. The van der Waals surface area contributed by atoms with Crippen LogP contribution in [0.5, 0.6) is 0 Å². The van der Waals surface area contributed by atoms with Gasteiger partial charge in [0.15, 0.2) is 0 Å². The van der Waals surface area contributed by atoms with Crippen LogP contribution in [0.1, 0.15) is 36.0 Å². The van der Waals surface area contributed by atoms with E-state index < -0.39 is 0 Å². The van der Waals surface area contributed by atoms with Gasteiger partial charge in [0.1, 0.15) is 0 Å². The first kappa shape index (κ1) is 12.9. The zero-order chi connectivity index (χ0) is 14.0. The van der Waals surface area contributed by atoms with E-state index in [1.54, 1.807) is 12.1 Å². The van der Waals surface area contributed by atoms with Gasteiger partial charge in [-0.05, 0) is 31.4 Å². The first-order valence-electron chi connectivity index (χ1n) is 7.03. The number of rotatable bonds is 3. The molecule has 3 rings (SSSR count). The van der Waals surface area contributed by atoms with Crippen LogP contribution in [0.3, 0.4) is 0 Å². The van der Waals surface area contributed by atoms with E-state index in [0.717, 1.165) is 25.0 Å². The maximum absolute atomic E-state index is 12.1. The number of carbonyl (C=O) groups excluding carboxylic acids is 2. The van der Waals surface area contributed by atoms with Crippen molar-refractivity contribution in [2.45, 2.75) is 25.7 Å². The average molecular weight is 270 g/mol. The molecule has 2 amide bonds. The van der Waals surface area contributed by atoms with Crippen LogP contribution in [0, 0.1) is 5.41 Å². The van der Waals surface area contributed by atoms with Crippen LogP contribution < -0.4 is 10.6 Å². The number of hydrogen-bond donors (Lipinski definition) is 2. The summed E-state index contributed by atoms with van der Waals surface area (Å²) in [6.45, 7) is 0.590. The van der Waals surface area contributed by atoms with Crippen LogP contribution in [-0.2, 0) is 4.79 Å². The Morgan fingerprint density at radius 1 is 1.25 bits per heavy atom. The van der Waals surface area contributed by atoms with Crippen molar-refractivity contribution in [3.8, 4) is 0 Å². The Balaban J connectivity index is 1.67. The fourth-order valence-electron chi connectivity index (χ4n) is 3.07. The molecule has 0 saturated carbocycles. The van der Waals surface area contributed by atoms with Crippen molar-refractivity contribution < 1.29 is 9.59 Å². The second-order valence-electron chi connectivity index (χ2n) is 5.53. The molecule has 4 heteroatoms. The van der Waals surface area contributed by atoms with E-state index in [9.17, 15) is 9.59 Å². The molecule has 1 aliphatic carbocycles. The maximum Gasteiger partial charge on any atom is 0.251 e. The number of fused-ring (bicyclic) bond motifs is 1. The van der Waals surface area contributed by atoms with Gasteiger partial charge in [0, 0.05) is 29.6 Å². The minimum Gasteiger partial charge on any atom is -0.351 e. The molecule has 1 fully saturated rings. The zero-order valence-electron chi connectivity index (χ0n) is 11.3. The van der Waals surface area contributed by atoms with Crippen molar-refractivity contribution in [1.82, 2.24) is 10.6 Å². The Bertz CT molecular complexity index is 565. The summed E-state index contributed by atoms with van der Waals surface area (Å²) in [4.78, 5) is 23.6. The van der Waals surface area contributed by atoms with E-state index >= 15 is 0 Å². The molecular formula is C16H18N2O2. The Hall–Kier alpha value is -2.10. The predicted octanol–water partition coefficient (Wildman–Crippen LogP) is 1.99. The lowest BCUT2D eigenvalue weighted by molar-refractivity contribution is -0.122. The molecule has 1 unspecified atom stereocenters. The molecule has 0 spiro atoms. The Morgan fingerprint density at radius 2 is 2.05 bits per heavy atom. The highest BCUT2D eigenvalue weighted by Crippen LogP contribution is 2.43. The van der Waals surface area contributed by atoms with Crippen LogP contribution in [0.15, 0.2) is 42.1 Å². The maximum atomic E-state index is 12.1. The number of nitrogens with one attached hydrogen (secondary N) is 2. The van der Waals surface area contributed by atoms with Crippen molar-refractivity contribution in [3.63, 3.8) is 0 Å². The third-order valence-electron chi connectivity index (χ3n) is 4.27. The van der Waals surface area contributed by atoms with Gasteiger partial charge in [0.2, 0.25) is 5.91 Å². The second-order valence-corrected chi connectivity index (χ2v) is 5.53. The van der Waals surface area contributed by atoms with Crippen LogP contribution in [-0.4, -0.2) is 18.4 Å². The smallest absolute Gasteiger partial charge is 0.251 e. The average Bonchev–Trinajstić information content (AvgIpc) is 2.89. The van der Waals surface area contributed by atoms with E-state index in [4.69, 9.17) is 0 Å². The molecule has 2 N–H and O–H groups in total. The summed E-state index contributed by atoms with van der Waals surface area (Å²) in [5.74, 6) is 0.0336. The first-order valence-corrected chi connectivity index (χ1v) is 7.03. The molecule has 1 aliphatic heterocycles. The molecule has 104 valence electrons. The minimum absolute atomic E-state index is 0.0527. The van der Waals surface area contributed by atoms with E-state index in [1.165, 1.54) is 0 Å². The van der Waals surface area contributed by atoms with E-state index in [0.29, 0.717) is 18.5 Å². The summed E-state index contributed by atoms with van der Waals surface area (Å²) in [6, 6.07) is 9.22. The van der Waals surface area contributed by atoms with Gasteiger partial charge in [0.05, 0.1) is 0 Å². The van der Waals surface area contributed by atoms with Gasteiger partial charge in [-0.15, -0.1) is 0 Å². The molecule has 20 heavy (non-hydrogen) atoms. The van der Waals surface area contributed by atoms with Gasteiger partial charge in [-0.25, -0.2) is 0 Å². The third kappa shape index (κ3) is 2.33. The Morgan fingerprint density at radius 3 is 2.85 bits per heavy atom. The lowest BCUT2D eigenvalue weighted by atomic mass is 9.77. The number of amides is 2. The highest BCUT2D eigenvalue weighted by molar-refractivity contribution is 5.94. The summed E-state index contributed by atoms with van der Waals surface area (Å²) in [7, 11) is 0. The molecule has 0 radical (unpaired) electrons. The van der Waals surface area contributed by atoms with Crippen molar-refractivity contribution in [1.29, 1.82) is 0 Å². The SMILES string of the molecule is O=C1CCC2(CNC(=O)c3ccccc3)CCC=C2N1. The van der Waals surface area contributed by atoms with E-state index in [-0.39, 0.29) is 17.2 Å². The molecule has 1 aromatic rings. The molecule has 4 nitrogen and oxygen atoms in total. The lowest BCUT2D eigenvalue weighted by Gasteiger charge is -2.36. The highest BCUT2D eigenvalue weighted by atomic mass is 16.2. The number of carbonyl (C=O) groups is 2. The van der Waals surface area contributed by atoms with Crippen molar-refractivity contribution in [3.05, 3.63) is 47.7 Å². The van der Waals surface area contributed by atoms with Crippen LogP contribution >= 0.6 is 0 Å². The van der Waals surface area contributed by atoms with Gasteiger partial charge in [0.25, 0.3) is 5.91 Å². The largest absolute Gasteiger partial charge is 0.351 e. The van der Waals surface area contributed by atoms with Crippen molar-refractivity contribution >= 4 is 11.8 Å². The van der Waals surface area contributed by atoms with E-state index in [1.807, 2.05) is 18.2 Å². The normalized spacial score (nSPS) is 24.6. The molecular weight excluding hydrogens is 252 g/mol. The van der Waals surface area contributed by atoms with Gasteiger partial charge in [-0.2, -0.15) is 0 Å². The Labute approximate surface area is 118 Å². The van der Waals surface area contributed by atoms with Crippen molar-refractivity contribution in [2.24, 2.45) is 5.41 Å². The zero-order valence-corrected chi connectivity index (χ0v) is 11.3. The van der Waals surface area contributed by atoms with Crippen LogP contribution in [0.4, 0.5) is 0 Å². The lowest BCUT2D eigenvalue weighted by Crippen LogP contribution is -2.46. The molecule has 1 saturated heterocycles. The highest BCUT2D eigenvalue weighted by Gasteiger charge is 2.41. The summed E-state index contributed by atoms with van der Waals surface area (Å²) >= 11 is 0. The molecule has 0 aromatic heterocycles. The van der Waals surface area contributed by atoms with Gasteiger partial charge < -0.3 is 10.6 Å². The van der Waals surface area contributed by atoms with Crippen LogP contribution in [0.2, 0.25) is 0 Å². The minimum atomic E-state index is -0.0711. The van der Waals surface area contributed by atoms with E-state index in [2.05, 4.69) is 16.7 Å². The topological polar surface area (TPSA) is 58.2 Å². The number of allylic oxidation sites excluding steroid dienone is 1. The molecule has 0 bridgehead atoms. The molecule has 1 atom stereocenters. The second kappa shape index (κ2) is 5.12. The van der Waals surface area contributed by atoms with Gasteiger partial charge in [-0.3, -0.25) is 9.59 Å². The van der Waals surface area contributed by atoms with Crippen molar-refractivity contribution in [2.75, 3.05) is 6.54 Å². The molecule has 2 aliphatic rings. The Kier molecular flexibility index (Phi) is 3.30. The molecule has 1 aromatic carbocycles. The summed E-state index contributed by atoms with van der Waals surface area (Å²) in [5.41, 5.74) is 1.60. The fraction of sp³-hybridized carbons (Fsp3) is 0.375. The number of hydrogen-bond acceptors (Lipinski definition) is 2. The summed E-state index contributed by atoms with van der Waals surface area (Å²) in [5, 5.41) is 5.97. The first-order chi connectivity index (χ1) is 9.70. The van der Waals surface area contributed by atoms with Crippen LogP contribution in [0.25, 0.3) is 0 Å².